The lowest BCUT2D eigenvalue weighted by molar-refractivity contribution is 0.0998. The van der Waals surface area contributed by atoms with E-state index in [2.05, 4.69) is 20.8 Å². The number of nitrogens with two attached hydrogens (primary N) is 2. The number of rotatable bonds is 6. The van der Waals surface area contributed by atoms with E-state index in [1.165, 1.54) is 4.90 Å². The molecule has 0 aromatic heterocycles. The largest absolute Gasteiger partial charge is 0.479 e. The molecule has 3 aromatic carbocycles. The molecular formula is C25H27N3O3. The summed E-state index contributed by atoms with van der Waals surface area (Å²) in [6.45, 7) is 6.34. The molecule has 0 aliphatic heterocycles. The first-order valence-electron chi connectivity index (χ1n) is 9.99. The molecule has 0 bridgehead atoms. The van der Waals surface area contributed by atoms with E-state index in [0.29, 0.717) is 22.7 Å². The highest BCUT2D eigenvalue weighted by Crippen LogP contribution is 2.33. The molecule has 4 N–H and O–H groups in total. The summed E-state index contributed by atoms with van der Waals surface area (Å²) in [6, 6.07) is 21.2. The van der Waals surface area contributed by atoms with Gasteiger partial charge in [-0.1, -0.05) is 51.1 Å². The van der Waals surface area contributed by atoms with E-state index in [1.54, 1.807) is 60.7 Å². The fourth-order valence-electron chi connectivity index (χ4n) is 3.29. The van der Waals surface area contributed by atoms with Crippen molar-refractivity contribution in [1.82, 2.24) is 0 Å². The van der Waals surface area contributed by atoms with Gasteiger partial charge in [0.15, 0.2) is 0 Å². The Kier molecular flexibility index (Phi) is 6.42. The summed E-state index contributed by atoms with van der Waals surface area (Å²) in [5.74, 6) is -0.401. The Morgan fingerprint density at radius 1 is 0.935 bits per heavy atom. The molecule has 3 aromatic rings. The van der Waals surface area contributed by atoms with E-state index in [1.807, 2.05) is 12.1 Å². The van der Waals surface area contributed by atoms with Gasteiger partial charge in [-0.05, 0) is 47.4 Å². The maximum atomic E-state index is 13.7. The number of carbonyl (C=O) groups excluding carboxylic acids is 2. The molecule has 0 heterocycles. The van der Waals surface area contributed by atoms with Crippen LogP contribution in [0.2, 0.25) is 0 Å². The second kappa shape index (κ2) is 9.02. The highest BCUT2D eigenvalue weighted by atomic mass is 16.5. The van der Waals surface area contributed by atoms with Crippen LogP contribution in [0.15, 0.2) is 72.8 Å². The summed E-state index contributed by atoms with van der Waals surface area (Å²) in [7, 11) is 0. The van der Waals surface area contributed by atoms with E-state index in [-0.39, 0.29) is 23.6 Å². The first-order chi connectivity index (χ1) is 14.7. The van der Waals surface area contributed by atoms with Gasteiger partial charge in [0.25, 0.3) is 11.8 Å². The van der Waals surface area contributed by atoms with Crippen molar-refractivity contribution in [3.63, 3.8) is 0 Å². The molecular weight excluding hydrogens is 390 g/mol. The Morgan fingerprint density at radius 2 is 1.61 bits per heavy atom. The summed E-state index contributed by atoms with van der Waals surface area (Å²) in [5, 5.41) is 0. The number of benzene rings is 3. The third-order valence-electron chi connectivity index (χ3n) is 4.94. The van der Waals surface area contributed by atoms with Crippen molar-refractivity contribution in [1.29, 1.82) is 0 Å². The maximum absolute atomic E-state index is 13.7. The smallest absolute Gasteiger partial charge is 0.262 e. The monoisotopic (exact) mass is 417 g/mol. The number of hydrogen-bond acceptors (Lipinski definition) is 4. The average molecular weight is 418 g/mol. The summed E-state index contributed by atoms with van der Waals surface area (Å²) < 4.78 is 5.40. The fourth-order valence-corrected chi connectivity index (χ4v) is 3.29. The zero-order chi connectivity index (χ0) is 22.6. The predicted octanol–water partition coefficient (Wildman–Crippen LogP) is 4.36. The molecule has 0 unspecified atom stereocenters. The Bertz CT molecular complexity index is 1090. The quantitative estimate of drug-likeness (QED) is 0.582. The van der Waals surface area contributed by atoms with E-state index in [0.717, 1.165) is 5.56 Å². The zero-order valence-electron chi connectivity index (χ0n) is 18.0. The van der Waals surface area contributed by atoms with Crippen molar-refractivity contribution in [2.75, 3.05) is 11.6 Å². The van der Waals surface area contributed by atoms with Crippen molar-refractivity contribution in [2.24, 2.45) is 11.5 Å². The van der Waals surface area contributed by atoms with Crippen LogP contribution in [0, 0.1) is 0 Å². The summed E-state index contributed by atoms with van der Waals surface area (Å²) in [6.07, 6.45) is 0. The van der Waals surface area contributed by atoms with E-state index in [9.17, 15) is 9.59 Å². The van der Waals surface area contributed by atoms with Gasteiger partial charge in [0, 0.05) is 11.6 Å². The zero-order valence-corrected chi connectivity index (χ0v) is 18.0. The molecule has 3 rings (SSSR count). The Labute approximate surface area is 182 Å². The van der Waals surface area contributed by atoms with Gasteiger partial charge in [0.05, 0.1) is 16.9 Å². The van der Waals surface area contributed by atoms with E-state index < -0.39 is 5.91 Å². The van der Waals surface area contributed by atoms with Gasteiger partial charge in [-0.2, -0.15) is 0 Å². The number of anilines is 2. The van der Waals surface area contributed by atoms with Gasteiger partial charge in [0.1, 0.15) is 12.5 Å². The summed E-state index contributed by atoms with van der Waals surface area (Å²) in [5.41, 5.74) is 13.8. The van der Waals surface area contributed by atoms with Crippen LogP contribution in [-0.2, 0) is 5.41 Å². The van der Waals surface area contributed by atoms with Crippen molar-refractivity contribution in [3.8, 4) is 5.75 Å². The van der Waals surface area contributed by atoms with Crippen LogP contribution in [0.25, 0.3) is 0 Å². The van der Waals surface area contributed by atoms with Gasteiger partial charge in [-0.3, -0.25) is 20.2 Å². The number of primary amides is 1. The summed E-state index contributed by atoms with van der Waals surface area (Å²) >= 11 is 0. The van der Waals surface area contributed by atoms with Crippen LogP contribution in [-0.4, -0.2) is 18.5 Å². The normalized spacial score (nSPS) is 11.1. The molecule has 0 atom stereocenters. The second-order valence-electron chi connectivity index (χ2n) is 8.16. The van der Waals surface area contributed by atoms with Crippen LogP contribution in [0.5, 0.6) is 5.75 Å². The van der Waals surface area contributed by atoms with Gasteiger partial charge in [-0.15, -0.1) is 0 Å². The van der Waals surface area contributed by atoms with Crippen molar-refractivity contribution in [2.45, 2.75) is 26.2 Å². The third-order valence-corrected chi connectivity index (χ3v) is 4.94. The molecule has 6 heteroatoms. The Hall–Kier alpha value is -3.64. The van der Waals surface area contributed by atoms with Gasteiger partial charge < -0.3 is 10.5 Å². The lowest BCUT2D eigenvalue weighted by Crippen LogP contribution is -2.29. The lowest BCUT2D eigenvalue weighted by atomic mass is 9.86. The van der Waals surface area contributed by atoms with Crippen LogP contribution in [0.3, 0.4) is 0 Å². The average Bonchev–Trinajstić information content (AvgIpc) is 2.74. The van der Waals surface area contributed by atoms with E-state index >= 15 is 0 Å². The van der Waals surface area contributed by atoms with E-state index in [4.69, 9.17) is 16.2 Å². The molecule has 6 nitrogen and oxygen atoms in total. The number of para-hydroxylation sites is 1. The van der Waals surface area contributed by atoms with Crippen molar-refractivity contribution in [3.05, 3.63) is 89.5 Å². The minimum Gasteiger partial charge on any atom is -0.479 e. The molecule has 0 aliphatic rings. The van der Waals surface area contributed by atoms with Gasteiger partial charge >= 0.3 is 0 Å². The highest BCUT2D eigenvalue weighted by molar-refractivity contribution is 6.14. The fraction of sp³-hybridized carbons (Fsp3) is 0.200. The first-order valence-corrected chi connectivity index (χ1v) is 9.99. The number of hydrogen-bond donors (Lipinski definition) is 2. The van der Waals surface area contributed by atoms with Gasteiger partial charge in [-0.25, -0.2) is 0 Å². The van der Waals surface area contributed by atoms with Crippen LogP contribution < -0.4 is 21.1 Å². The molecule has 31 heavy (non-hydrogen) atoms. The standard InChI is InChI=1S/C25H27N3O3/c1-25(2,3)18-13-11-17(12-14-18)24(30)28(19-7-6-8-20(15-19)31-16-26)22-10-5-4-9-21(22)23(27)29/h4-15H,16,26H2,1-3H3,(H2,27,29). The second-order valence-corrected chi connectivity index (χ2v) is 8.16. The molecule has 2 amide bonds. The topological polar surface area (TPSA) is 98.7 Å². The molecule has 0 radical (unpaired) electrons. The molecule has 0 fully saturated rings. The van der Waals surface area contributed by atoms with Crippen LogP contribution >= 0.6 is 0 Å². The SMILES string of the molecule is CC(C)(C)c1ccc(C(=O)N(c2cccc(OCN)c2)c2ccccc2C(N)=O)cc1. The first kappa shape index (κ1) is 22.1. The maximum Gasteiger partial charge on any atom is 0.262 e. The van der Waals surface area contributed by atoms with Crippen LogP contribution in [0.1, 0.15) is 47.1 Å². The molecule has 0 spiro atoms. The van der Waals surface area contributed by atoms with Crippen molar-refractivity contribution < 1.29 is 14.3 Å². The molecule has 0 aliphatic carbocycles. The lowest BCUT2D eigenvalue weighted by Gasteiger charge is -2.26. The Balaban J connectivity index is 2.14. The summed E-state index contributed by atoms with van der Waals surface area (Å²) in [4.78, 5) is 27.2. The minimum atomic E-state index is -0.620. The minimum absolute atomic E-state index is 0.00351. The number of amides is 2. The van der Waals surface area contributed by atoms with Crippen LogP contribution in [0.4, 0.5) is 11.4 Å². The number of ether oxygens (including phenoxy) is 1. The highest BCUT2D eigenvalue weighted by Gasteiger charge is 2.25. The Morgan fingerprint density at radius 3 is 2.23 bits per heavy atom. The predicted molar refractivity (Wildman–Crippen MR) is 123 cm³/mol. The number of carbonyl (C=O) groups is 2. The molecule has 0 saturated heterocycles. The van der Waals surface area contributed by atoms with Crippen molar-refractivity contribution >= 4 is 23.2 Å². The number of nitrogens with zero attached hydrogens (tertiary/aromatic N) is 1. The molecule has 160 valence electrons. The molecule has 0 saturated carbocycles. The third kappa shape index (κ3) is 4.92. The van der Waals surface area contributed by atoms with Gasteiger partial charge in [0.2, 0.25) is 0 Å².